The second kappa shape index (κ2) is 11.3. The average molecular weight is 542 g/mol. The van der Waals surface area contributed by atoms with Gasteiger partial charge in [-0.15, -0.1) is 0 Å². The monoisotopic (exact) mass is 541 g/mol. The standard InChI is InChI=1S/C31H31N3O4S/c1-22-16-18-26(19-17-22)39(36,37)33-32-27-14-9-15-28-29(27)23(2)30(38-28)31(35)34(20-24-10-5-3-6-11-24)21-25-12-7-4-8-13-25/h3-8,10-13,16-19,33H,9,14-15,20-21H2,1-2H3/b32-27+. The number of hydrogen-bond acceptors (Lipinski definition) is 5. The van der Waals surface area contributed by atoms with Gasteiger partial charge in [-0.05, 0) is 49.9 Å². The van der Waals surface area contributed by atoms with E-state index in [-0.39, 0.29) is 16.6 Å². The van der Waals surface area contributed by atoms with Crippen molar-refractivity contribution >= 4 is 21.6 Å². The molecule has 1 amide bonds. The Balaban J connectivity index is 1.44. The van der Waals surface area contributed by atoms with Crippen LogP contribution >= 0.6 is 0 Å². The zero-order valence-electron chi connectivity index (χ0n) is 22.1. The fraction of sp³-hybridized carbons (Fsp3) is 0.226. The summed E-state index contributed by atoms with van der Waals surface area (Å²) in [6.07, 6.45) is 1.98. The highest BCUT2D eigenvalue weighted by Crippen LogP contribution is 2.31. The number of hydrogen-bond donors (Lipinski definition) is 1. The molecule has 3 aromatic carbocycles. The van der Waals surface area contributed by atoms with E-state index in [4.69, 9.17) is 4.42 Å². The van der Waals surface area contributed by atoms with Crippen LogP contribution < -0.4 is 4.83 Å². The van der Waals surface area contributed by atoms with E-state index in [1.54, 1.807) is 29.2 Å². The van der Waals surface area contributed by atoms with Crippen molar-refractivity contribution in [2.75, 3.05) is 0 Å². The van der Waals surface area contributed by atoms with Gasteiger partial charge in [-0.1, -0.05) is 78.4 Å². The highest BCUT2D eigenvalue weighted by Gasteiger charge is 2.30. The van der Waals surface area contributed by atoms with E-state index in [9.17, 15) is 13.2 Å². The summed E-state index contributed by atoms with van der Waals surface area (Å²) < 4.78 is 31.8. The van der Waals surface area contributed by atoms with Crippen LogP contribution in [0.1, 0.15) is 57.0 Å². The third-order valence-electron chi connectivity index (χ3n) is 6.87. The number of fused-ring (bicyclic) bond motifs is 1. The molecule has 0 saturated carbocycles. The predicted molar refractivity (Wildman–Crippen MR) is 151 cm³/mol. The number of hydrazone groups is 1. The third kappa shape index (κ3) is 5.96. The maximum Gasteiger partial charge on any atom is 0.290 e. The predicted octanol–water partition coefficient (Wildman–Crippen LogP) is 5.76. The minimum Gasteiger partial charge on any atom is -0.455 e. The van der Waals surface area contributed by atoms with Crippen molar-refractivity contribution in [3.63, 3.8) is 0 Å². The van der Waals surface area contributed by atoms with Gasteiger partial charge in [0.2, 0.25) is 0 Å². The van der Waals surface area contributed by atoms with E-state index in [0.29, 0.717) is 43.0 Å². The van der Waals surface area contributed by atoms with Gasteiger partial charge in [-0.3, -0.25) is 4.79 Å². The zero-order valence-corrected chi connectivity index (χ0v) is 22.9. The Morgan fingerprint density at radius 1 is 0.872 bits per heavy atom. The van der Waals surface area contributed by atoms with Gasteiger partial charge >= 0.3 is 0 Å². The number of rotatable bonds is 8. The number of sulfonamides is 1. The van der Waals surface area contributed by atoms with Crippen molar-refractivity contribution in [1.29, 1.82) is 0 Å². The molecule has 1 aromatic heterocycles. The second-order valence-electron chi connectivity index (χ2n) is 9.81. The Hall–Kier alpha value is -4.17. The van der Waals surface area contributed by atoms with E-state index in [2.05, 4.69) is 9.93 Å². The van der Waals surface area contributed by atoms with Crippen LogP contribution in [0.5, 0.6) is 0 Å². The number of nitrogens with one attached hydrogen (secondary N) is 1. The second-order valence-corrected chi connectivity index (χ2v) is 11.5. The van der Waals surface area contributed by atoms with Crippen molar-refractivity contribution < 1.29 is 17.6 Å². The summed E-state index contributed by atoms with van der Waals surface area (Å²) in [6.45, 7) is 4.59. The first-order valence-corrected chi connectivity index (χ1v) is 14.4. The molecular weight excluding hydrogens is 510 g/mol. The first-order chi connectivity index (χ1) is 18.8. The fourth-order valence-electron chi connectivity index (χ4n) is 4.82. The number of nitrogens with zero attached hydrogens (tertiary/aromatic N) is 2. The maximum atomic E-state index is 13.9. The number of aryl methyl sites for hydroxylation is 2. The Labute approximate surface area is 229 Å². The zero-order chi connectivity index (χ0) is 27.4. The molecule has 1 aliphatic rings. The average Bonchev–Trinajstić information content (AvgIpc) is 3.29. The van der Waals surface area contributed by atoms with Crippen LogP contribution in [0.3, 0.4) is 0 Å². The molecule has 1 N–H and O–H groups in total. The molecule has 1 aliphatic carbocycles. The first-order valence-electron chi connectivity index (χ1n) is 13.0. The normalized spacial score (nSPS) is 14.2. The van der Waals surface area contributed by atoms with Crippen molar-refractivity contribution in [2.45, 2.75) is 51.1 Å². The lowest BCUT2D eigenvalue weighted by Crippen LogP contribution is -2.30. The Bertz CT molecular complexity index is 1550. The molecule has 4 aromatic rings. The summed E-state index contributed by atoms with van der Waals surface area (Å²) >= 11 is 0. The van der Waals surface area contributed by atoms with Crippen LogP contribution in [0.15, 0.2) is 99.3 Å². The largest absolute Gasteiger partial charge is 0.455 e. The quantitative estimate of drug-likeness (QED) is 0.287. The van der Waals surface area contributed by atoms with E-state index < -0.39 is 10.0 Å². The molecule has 0 unspecified atom stereocenters. The van der Waals surface area contributed by atoms with Crippen LogP contribution in [0.2, 0.25) is 0 Å². The summed E-state index contributed by atoms with van der Waals surface area (Å²) in [5.74, 6) is 0.715. The number of carbonyl (C=O) groups excluding carboxylic acids is 1. The molecule has 7 nitrogen and oxygen atoms in total. The fourth-order valence-corrected chi connectivity index (χ4v) is 5.65. The maximum absolute atomic E-state index is 13.9. The first kappa shape index (κ1) is 26.4. The lowest BCUT2D eigenvalue weighted by molar-refractivity contribution is 0.0694. The van der Waals surface area contributed by atoms with Gasteiger partial charge in [0.05, 0.1) is 10.6 Å². The molecule has 8 heteroatoms. The number of benzene rings is 3. The lowest BCUT2D eigenvalue weighted by Gasteiger charge is -2.22. The van der Waals surface area contributed by atoms with Crippen LogP contribution in [-0.2, 0) is 29.5 Å². The molecule has 0 atom stereocenters. The molecule has 0 aliphatic heterocycles. The van der Waals surface area contributed by atoms with Gasteiger partial charge < -0.3 is 9.32 Å². The Morgan fingerprint density at radius 2 is 1.46 bits per heavy atom. The number of furan rings is 1. The minimum atomic E-state index is -3.83. The van der Waals surface area contributed by atoms with Crippen molar-refractivity contribution in [1.82, 2.24) is 9.73 Å². The molecular formula is C31H31N3O4S. The van der Waals surface area contributed by atoms with Gasteiger partial charge in [-0.2, -0.15) is 18.4 Å². The number of carbonyl (C=O) groups is 1. The summed E-state index contributed by atoms with van der Waals surface area (Å²) in [6, 6.07) is 26.3. The molecule has 1 heterocycles. The van der Waals surface area contributed by atoms with E-state index in [0.717, 1.165) is 28.7 Å². The summed E-state index contributed by atoms with van der Waals surface area (Å²) in [4.78, 5) is 18.2. The molecule has 0 bridgehead atoms. The van der Waals surface area contributed by atoms with Gasteiger partial charge in [0.25, 0.3) is 15.9 Å². The molecule has 5 rings (SSSR count). The summed E-state index contributed by atoms with van der Waals surface area (Å²) in [7, 11) is -3.83. The molecule has 200 valence electrons. The molecule has 0 spiro atoms. The topological polar surface area (TPSA) is 92.0 Å². The highest BCUT2D eigenvalue weighted by atomic mass is 32.2. The lowest BCUT2D eigenvalue weighted by atomic mass is 9.93. The minimum absolute atomic E-state index is 0.144. The number of amides is 1. The van der Waals surface area contributed by atoms with Crippen molar-refractivity contribution in [2.24, 2.45) is 5.10 Å². The van der Waals surface area contributed by atoms with Crippen LogP contribution in [-0.4, -0.2) is 24.9 Å². The van der Waals surface area contributed by atoms with Gasteiger partial charge in [0, 0.05) is 30.6 Å². The van der Waals surface area contributed by atoms with Gasteiger partial charge in [0.1, 0.15) is 5.76 Å². The van der Waals surface area contributed by atoms with E-state index >= 15 is 0 Å². The SMILES string of the molecule is Cc1ccc(S(=O)(=O)N/N=C2\CCCc3oc(C(=O)N(Cc4ccccc4)Cc4ccccc4)c(C)c32)cc1. The Morgan fingerprint density at radius 3 is 2.05 bits per heavy atom. The molecule has 0 radical (unpaired) electrons. The van der Waals surface area contributed by atoms with E-state index in [1.807, 2.05) is 74.5 Å². The smallest absolute Gasteiger partial charge is 0.290 e. The van der Waals surface area contributed by atoms with Crippen molar-refractivity contribution in [3.8, 4) is 0 Å². The van der Waals surface area contributed by atoms with Crippen LogP contribution in [0, 0.1) is 13.8 Å². The van der Waals surface area contributed by atoms with Gasteiger partial charge in [-0.25, -0.2) is 0 Å². The summed E-state index contributed by atoms with van der Waals surface area (Å²) in [5, 5.41) is 4.30. The van der Waals surface area contributed by atoms with Crippen LogP contribution in [0.25, 0.3) is 0 Å². The Kier molecular flexibility index (Phi) is 7.65. The highest BCUT2D eigenvalue weighted by molar-refractivity contribution is 7.89. The molecule has 39 heavy (non-hydrogen) atoms. The summed E-state index contributed by atoms with van der Waals surface area (Å²) in [5.41, 5.74) is 4.97. The molecule has 0 fully saturated rings. The molecule has 0 saturated heterocycles. The third-order valence-corrected chi connectivity index (χ3v) is 8.10. The van der Waals surface area contributed by atoms with Crippen molar-refractivity contribution in [3.05, 3.63) is 124 Å². The van der Waals surface area contributed by atoms with E-state index in [1.165, 1.54) is 0 Å². The van der Waals surface area contributed by atoms with Crippen LogP contribution in [0.4, 0.5) is 0 Å². The van der Waals surface area contributed by atoms with Gasteiger partial charge in [0.15, 0.2) is 5.76 Å².